The van der Waals surface area contributed by atoms with Crippen LogP contribution in [0.3, 0.4) is 0 Å². The second kappa shape index (κ2) is 11.8. The number of sulfonamides is 1. The molecule has 0 amide bonds. The smallest absolute Gasteiger partial charge is 0.214 e. The molecule has 12 heteroatoms. The van der Waals surface area contributed by atoms with E-state index in [1.807, 2.05) is 25.1 Å². The molecule has 0 atom stereocenters. The van der Waals surface area contributed by atoms with Crippen LogP contribution in [0, 0.1) is 0 Å². The van der Waals surface area contributed by atoms with Crippen molar-refractivity contribution in [3.8, 4) is 17.1 Å². The first kappa shape index (κ1) is 27.2. The summed E-state index contributed by atoms with van der Waals surface area (Å²) in [6.45, 7) is 6.84. The number of phenolic OH excluding ortho intramolecular Hbond substituents is 1. The lowest BCUT2D eigenvalue weighted by molar-refractivity contribution is 0.122. The minimum atomic E-state index is -3.22. The molecule has 5 rings (SSSR count). The minimum Gasteiger partial charge on any atom is -0.508 e. The molecule has 3 aromatic rings. The Morgan fingerprint density at radius 1 is 1.05 bits per heavy atom. The standard InChI is InChI=1S/C26H36N6O4S2/c1-29(2)7-4-16-38(34,35)32-10-8-30(9-11-32)19-22-18-23-24(37-22)26(31-12-14-36-15-13-31)28-25(27-23)20-5-3-6-21(33)17-20/h3,5-6,17-18,33H,4,7-16,19H2,1-2H3. The monoisotopic (exact) mass is 560 g/mol. The fraction of sp³-hybridized carbons (Fsp3) is 0.538. The van der Waals surface area contributed by atoms with E-state index in [1.165, 1.54) is 4.88 Å². The first-order valence-corrected chi connectivity index (χ1v) is 15.5. The number of thiophene rings is 1. The normalized spacial score (nSPS) is 18.0. The number of anilines is 1. The van der Waals surface area contributed by atoms with E-state index in [9.17, 15) is 13.5 Å². The second-order valence-electron chi connectivity index (χ2n) is 10.1. The van der Waals surface area contributed by atoms with Gasteiger partial charge in [0.2, 0.25) is 10.0 Å². The zero-order valence-electron chi connectivity index (χ0n) is 22.0. The van der Waals surface area contributed by atoms with Crippen LogP contribution in [0.5, 0.6) is 5.75 Å². The summed E-state index contributed by atoms with van der Waals surface area (Å²) in [5.41, 5.74) is 1.67. The molecule has 2 aliphatic heterocycles. The highest BCUT2D eigenvalue weighted by Crippen LogP contribution is 2.35. The quantitative estimate of drug-likeness (QED) is 0.422. The molecule has 0 unspecified atom stereocenters. The van der Waals surface area contributed by atoms with E-state index >= 15 is 0 Å². The third kappa shape index (κ3) is 6.44. The molecule has 2 saturated heterocycles. The summed E-state index contributed by atoms with van der Waals surface area (Å²) in [6, 6.07) is 9.16. The molecule has 1 aromatic carbocycles. The van der Waals surface area contributed by atoms with Crippen LogP contribution >= 0.6 is 11.3 Å². The van der Waals surface area contributed by atoms with E-state index in [2.05, 4.69) is 15.9 Å². The lowest BCUT2D eigenvalue weighted by atomic mass is 10.2. The lowest BCUT2D eigenvalue weighted by Gasteiger charge is -2.33. The van der Waals surface area contributed by atoms with E-state index in [1.54, 1.807) is 33.8 Å². The third-order valence-corrected chi connectivity index (χ3v) is 9.99. The Labute approximate surface area is 228 Å². The van der Waals surface area contributed by atoms with Crippen molar-refractivity contribution >= 4 is 37.4 Å². The van der Waals surface area contributed by atoms with Crippen LogP contribution in [0.15, 0.2) is 30.3 Å². The van der Waals surface area contributed by atoms with Gasteiger partial charge < -0.3 is 19.6 Å². The number of phenols is 1. The number of piperazine rings is 1. The summed E-state index contributed by atoms with van der Waals surface area (Å²) in [7, 11) is 0.704. The number of morpholine rings is 1. The average Bonchev–Trinajstić information content (AvgIpc) is 3.31. The predicted molar refractivity (Wildman–Crippen MR) is 151 cm³/mol. The molecule has 4 heterocycles. The maximum atomic E-state index is 12.8. The summed E-state index contributed by atoms with van der Waals surface area (Å²) < 4.78 is 33.8. The van der Waals surface area contributed by atoms with Gasteiger partial charge in [-0.05, 0) is 45.3 Å². The molecule has 2 aliphatic rings. The maximum Gasteiger partial charge on any atom is 0.214 e. The second-order valence-corrected chi connectivity index (χ2v) is 13.3. The summed E-state index contributed by atoms with van der Waals surface area (Å²) in [6.07, 6.45) is 0.647. The molecule has 0 spiro atoms. The van der Waals surface area contributed by atoms with Crippen LogP contribution < -0.4 is 4.90 Å². The Morgan fingerprint density at radius 2 is 1.82 bits per heavy atom. The van der Waals surface area contributed by atoms with Crippen molar-refractivity contribution in [3.63, 3.8) is 0 Å². The Bertz CT molecular complexity index is 1350. The molecule has 206 valence electrons. The number of benzene rings is 1. The Kier molecular flexibility index (Phi) is 8.46. The lowest BCUT2D eigenvalue weighted by Crippen LogP contribution is -2.48. The zero-order valence-corrected chi connectivity index (χ0v) is 23.7. The molecule has 0 saturated carbocycles. The number of aromatic nitrogens is 2. The van der Waals surface area contributed by atoms with Crippen molar-refractivity contribution in [3.05, 3.63) is 35.2 Å². The van der Waals surface area contributed by atoms with Crippen molar-refractivity contribution in [1.82, 2.24) is 24.1 Å². The first-order valence-electron chi connectivity index (χ1n) is 13.1. The summed E-state index contributed by atoms with van der Waals surface area (Å²) in [4.78, 5) is 17.6. The van der Waals surface area contributed by atoms with E-state index in [0.717, 1.165) is 47.8 Å². The predicted octanol–water partition coefficient (Wildman–Crippen LogP) is 2.30. The number of fused-ring (bicyclic) bond motifs is 1. The van der Waals surface area contributed by atoms with Crippen molar-refractivity contribution in [2.75, 3.05) is 83.8 Å². The molecule has 0 bridgehead atoms. The summed E-state index contributed by atoms with van der Waals surface area (Å²) in [5, 5.41) is 10.00. The molecule has 1 N–H and O–H groups in total. The number of aromatic hydroxyl groups is 1. The van der Waals surface area contributed by atoms with Gasteiger partial charge in [0, 0.05) is 56.3 Å². The van der Waals surface area contributed by atoms with Crippen molar-refractivity contribution in [1.29, 1.82) is 0 Å². The van der Waals surface area contributed by atoms with Gasteiger partial charge in [-0.15, -0.1) is 11.3 Å². The largest absolute Gasteiger partial charge is 0.508 e. The molecule has 2 fully saturated rings. The maximum absolute atomic E-state index is 12.8. The average molecular weight is 561 g/mol. The zero-order chi connectivity index (χ0) is 26.7. The van der Waals surface area contributed by atoms with E-state index < -0.39 is 10.0 Å². The van der Waals surface area contributed by atoms with Gasteiger partial charge in [0.05, 0.1) is 29.2 Å². The molecule has 0 aliphatic carbocycles. The molecular weight excluding hydrogens is 524 g/mol. The highest BCUT2D eigenvalue weighted by atomic mass is 32.2. The summed E-state index contributed by atoms with van der Waals surface area (Å²) in [5.74, 6) is 1.88. The Morgan fingerprint density at radius 3 is 2.53 bits per heavy atom. The van der Waals surface area contributed by atoms with Gasteiger partial charge in [-0.3, -0.25) is 4.90 Å². The van der Waals surface area contributed by atoms with E-state index in [4.69, 9.17) is 14.7 Å². The first-order chi connectivity index (χ1) is 18.3. The van der Waals surface area contributed by atoms with Gasteiger partial charge in [0.25, 0.3) is 0 Å². The molecule has 38 heavy (non-hydrogen) atoms. The number of ether oxygens (including phenoxy) is 1. The van der Waals surface area contributed by atoms with E-state index in [-0.39, 0.29) is 11.5 Å². The van der Waals surface area contributed by atoms with Crippen LogP contribution in [0.2, 0.25) is 0 Å². The molecule has 10 nitrogen and oxygen atoms in total. The minimum absolute atomic E-state index is 0.184. The number of nitrogens with zero attached hydrogens (tertiary/aromatic N) is 6. The van der Waals surface area contributed by atoms with Gasteiger partial charge >= 0.3 is 0 Å². The Balaban J connectivity index is 1.32. The van der Waals surface area contributed by atoms with Gasteiger partial charge in [0.15, 0.2) is 11.6 Å². The fourth-order valence-corrected chi connectivity index (χ4v) is 7.51. The summed E-state index contributed by atoms with van der Waals surface area (Å²) >= 11 is 1.70. The molecule has 0 radical (unpaired) electrons. The van der Waals surface area contributed by atoms with Gasteiger partial charge in [-0.2, -0.15) is 4.31 Å². The highest BCUT2D eigenvalue weighted by Gasteiger charge is 2.27. The van der Waals surface area contributed by atoms with Crippen LogP contribution in [0.1, 0.15) is 11.3 Å². The van der Waals surface area contributed by atoms with Gasteiger partial charge in [0.1, 0.15) is 5.75 Å². The number of hydrogen-bond donors (Lipinski definition) is 1. The van der Waals surface area contributed by atoms with Crippen molar-refractivity contribution < 1.29 is 18.3 Å². The van der Waals surface area contributed by atoms with Crippen LogP contribution in [0.4, 0.5) is 5.82 Å². The SMILES string of the molecule is CN(C)CCCS(=O)(=O)N1CCN(Cc2cc3nc(-c4cccc(O)c4)nc(N4CCOCC4)c3s2)CC1. The van der Waals surface area contributed by atoms with Crippen LogP contribution in [-0.2, 0) is 21.3 Å². The van der Waals surface area contributed by atoms with Crippen LogP contribution in [0.25, 0.3) is 21.6 Å². The topological polar surface area (TPSA) is 102 Å². The third-order valence-electron chi connectivity index (χ3n) is 6.93. The van der Waals surface area contributed by atoms with Gasteiger partial charge in [-0.1, -0.05) is 12.1 Å². The Hall–Kier alpha value is -2.35. The van der Waals surface area contributed by atoms with E-state index in [0.29, 0.717) is 51.6 Å². The number of rotatable bonds is 9. The van der Waals surface area contributed by atoms with Crippen molar-refractivity contribution in [2.24, 2.45) is 0 Å². The van der Waals surface area contributed by atoms with Crippen LogP contribution in [-0.4, -0.2) is 116 Å². The fourth-order valence-electron chi connectivity index (χ4n) is 4.88. The van der Waals surface area contributed by atoms with Gasteiger partial charge in [-0.25, -0.2) is 18.4 Å². The van der Waals surface area contributed by atoms with Crippen molar-refractivity contribution in [2.45, 2.75) is 13.0 Å². The molecular formula is C26H36N6O4S2. The number of hydrogen-bond acceptors (Lipinski definition) is 10. The molecule has 2 aromatic heterocycles. The highest BCUT2D eigenvalue weighted by molar-refractivity contribution is 7.89.